The maximum Gasteiger partial charge on any atom is 0.272 e. The Labute approximate surface area is 250 Å². The zero-order valence-corrected chi connectivity index (χ0v) is 24.4. The zero-order valence-electron chi connectivity index (χ0n) is 23.6. The summed E-state index contributed by atoms with van der Waals surface area (Å²) in [5.41, 5.74) is 8.35. The zero-order chi connectivity index (χ0) is 30.4. The van der Waals surface area contributed by atoms with E-state index >= 15 is 4.39 Å². The summed E-state index contributed by atoms with van der Waals surface area (Å²) in [6.07, 6.45) is 1.10. The molecule has 0 spiro atoms. The van der Waals surface area contributed by atoms with Gasteiger partial charge >= 0.3 is 0 Å². The van der Waals surface area contributed by atoms with E-state index < -0.39 is 25.0 Å². The molecule has 4 aromatic rings. The molecule has 2 bridgehead atoms. The standard InChI is InChI=1S/C19H20ClFN6O.C9H12F2N2O2/c1-9(2)27-15-4-10(16-13(20)6-23-18(22)24-16)3-14(21)17(15)25-19(27)26-7-12-5-11(26)8-28-12;10-8(11)5-15-9-4-6-7(14)2-1-3-13(6)12-9/h3-4,6,9,11-12H,5,7-8H2,1-2H3,(H2,22,23,24);4,7-8,14H,1-3,5H2/t11-,12-;/m0./s1. The van der Waals surface area contributed by atoms with Crippen molar-refractivity contribution in [2.24, 2.45) is 0 Å². The number of alkyl halides is 2. The third kappa shape index (κ3) is 5.83. The fourth-order valence-electron chi connectivity index (χ4n) is 5.87. The molecule has 3 aliphatic rings. The van der Waals surface area contributed by atoms with Gasteiger partial charge in [0, 0.05) is 30.8 Å². The third-order valence-corrected chi connectivity index (χ3v) is 8.05. The first kappa shape index (κ1) is 29.5. The lowest BCUT2D eigenvalue weighted by atomic mass is 10.1. The van der Waals surface area contributed by atoms with E-state index in [0.29, 0.717) is 52.6 Å². The summed E-state index contributed by atoms with van der Waals surface area (Å²) in [6.45, 7) is 5.64. The molecule has 7 rings (SSSR count). The lowest BCUT2D eigenvalue weighted by Gasteiger charge is -2.29. The molecule has 3 aromatic heterocycles. The van der Waals surface area contributed by atoms with Gasteiger partial charge in [-0.3, -0.25) is 4.68 Å². The second-order valence-electron chi connectivity index (χ2n) is 11.1. The first-order valence-electron chi connectivity index (χ1n) is 14.1. The minimum atomic E-state index is -2.51. The molecular weight excluding hydrogens is 589 g/mol. The van der Waals surface area contributed by atoms with Crippen LogP contribution in [0, 0.1) is 5.82 Å². The van der Waals surface area contributed by atoms with Crippen molar-refractivity contribution in [2.45, 2.75) is 70.4 Å². The van der Waals surface area contributed by atoms with Gasteiger partial charge in [-0.05, 0) is 45.2 Å². The maximum atomic E-state index is 15.1. The van der Waals surface area contributed by atoms with Crippen LogP contribution in [-0.4, -0.2) is 72.7 Å². The number of nitrogens with two attached hydrogens (primary N) is 1. The van der Waals surface area contributed by atoms with Crippen LogP contribution in [0.4, 0.5) is 25.1 Å². The number of anilines is 2. The molecule has 0 saturated carbocycles. The predicted molar refractivity (Wildman–Crippen MR) is 154 cm³/mol. The molecule has 230 valence electrons. The van der Waals surface area contributed by atoms with Crippen LogP contribution >= 0.6 is 11.6 Å². The summed E-state index contributed by atoms with van der Waals surface area (Å²) in [7, 11) is 0. The Morgan fingerprint density at radius 1 is 1.23 bits per heavy atom. The van der Waals surface area contributed by atoms with Gasteiger partial charge in [0.1, 0.15) is 5.52 Å². The molecule has 1 unspecified atom stereocenters. The summed E-state index contributed by atoms with van der Waals surface area (Å²) in [5, 5.41) is 13.9. The minimum Gasteiger partial charge on any atom is -0.471 e. The number of fused-ring (bicyclic) bond motifs is 4. The number of halogens is 4. The van der Waals surface area contributed by atoms with Crippen LogP contribution < -0.4 is 15.4 Å². The van der Waals surface area contributed by atoms with Crippen LogP contribution in [0.2, 0.25) is 5.02 Å². The van der Waals surface area contributed by atoms with Crippen molar-refractivity contribution in [3.05, 3.63) is 40.9 Å². The van der Waals surface area contributed by atoms with Crippen molar-refractivity contribution in [2.75, 3.05) is 30.4 Å². The Balaban J connectivity index is 0.000000185. The number of nitrogen functional groups attached to an aromatic ring is 1. The number of nitrogens with zero attached hydrogens (tertiary/aromatic N) is 7. The third-order valence-electron chi connectivity index (χ3n) is 7.77. The number of ether oxygens (including phenoxy) is 2. The summed E-state index contributed by atoms with van der Waals surface area (Å²) < 4.78 is 53.0. The fraction of sp³-hybridized carbons (Fsp3) is 0.500. The van der Waals surface area contributed by atoms with Gasteiger partial charge in [0.2, 0.25) is 17.8 Å². The number of aliphatic hydroxyl groups is 1. The van der Waals surface area contributed by atoms with Crippen LogP contribution in [0.5, 0.6) is 5.88 Å². The highest BCUT2D eigenvalue weighted by molar-refractivity contribution is 6.33. The second kappa shape index (κ2) is 11.8. The van der Waals surface area contributed by atoms with Gasteiger partial charge < -0.3 is 29.8 Å². The number of aromatic nitrogens is 6. The highest BCUT2D eigenvalue weighted by Crippen LogP contribution is 2.38. The van der Waals surface area contributed by atoms with E-state index in [2.05, 4.69) is 43.4 Å². The molecule has 0 aliphatic carbocycles. The highest BCUT2D eigenvalue weighted by atomic mass is 35.5. The molecule has 43 heavy (non-hydrogen) atoms. The molecule has 0 radical (unpaired) electrons. The molecule has 2 fully saturated rings. The van der Waals surface area contributed by atoms with Crippen LogP contribution in [0.25, 0.3) is 22.3 Å². The normalized spacial score (nSPS) is 21.0. The molecule has 1 aromatic carbocycles. The second-order valence-corrected chi connectivity index (χ2v) is 11.5. The Hall–Kier alpha value is -3.62. The molecule has 3 atom stereocenters. The van der Waals surface area contributed by atoms with Crippen molar-refractivity contribution >= 4 is 34.5 Å². The van der Waals surface area contributed by atoms with Gasteiger partial charge in [-0.15, -0.1) is 5.10 Å². The van der Waals surface area contributed by atoms with E-state index in [-0.39, 0.29) is 30.0 Å². The first-order chi connectivity index (χ1) is 20.6. The van der Waals surface area contributed by atoms with Crippen molar-refractivity contribution in [1.29, 1.82) is 0 Å². The average molecular weight is 621 g/mol. The molecule has 2 saturated heterocycles. The molecule has 11 nitrogen and oxygen atoms in total. The fourth-order valence-corrected chi connectivity index (χ4v) is 6.07. The molecule has 15 heteroatoms. The minimum absolute atomic E-state index is 0.0889. The van der Waals surface area contributed by atoms with E-state index in [4.69, 9.17) is 26.8 Å². The number of imidazole rings is 1. The topological polar surface area (TPSA) is 129 Å². The lowest BCUT2D eigenvalue weighted by Crippen LogP contribution is -2.38. The van der Waals surface area contributed by atoms with Gasteiger partial charge in [-0.1, -0.05) is 11.6 Å². The number of rotatable bonds is 6. The van der Waals surface area contributed by atoms with Crippen molar-refractivity contribution in [3.8, 4) is 17.1 Å². The average Bonchev–Trinajstić information content (AvgIpc) is 3.76. The predicted octanol–water partition coefficient (Wildman–Crippen LogP) is 4.78. The monoisotopic (exact) mass is 620 g/mol. The van der Waals surface area contributed by atoms with Gasteiger partial charge in [0.15, 0.2) is 12.4 Å². The van der Waals surface area contributed by atoms with Gasteiger partial charge in [0.05, 0.1) is 53.0 Å². The quantitative estimate of drug-likeness (QED) is 0.313. The lowest BCUT2D eigenvalue weighted by molar-refractivity contribution is 0.0791. The molecule has 3 N–H and O–H groups in total. The number of aliphatic hydroxyl groups excluding tert-OH is 1. The largest absolute Gasteiger partial charge is 0.471 e. The molecular formula is C28H32ClF3N8O3. The molecule has 0 amide bonds. The maximum absolute atomic E-state index is 15.1. The summed E-state index contributed by atoms with van der Waals surface area (Å²) in [6, 6.07) is 5.18. The number of hydrogen-bond donors (Lipinski definition) is 2. The van der Waals surface area contributed by atoms with E-state index in [0.717, 1.165) is 25.3 Å². The number of morpholine rings is 1. The van der Waals surface area contributed by atoms with Crippen LogP contribution in [0.15, 0.2) is 24.4 Å². The van der Waals surface area contributed by atoms with E-state index in [1.165, 1.54) is 18.3 Å². The number of aryl methyl sites for hydroxylation is 1. The Morgan fingerprint density at radius 3 is 2.72 bits per heavy atom. The van der Waals surface area contributed by atoms with E-state index in [9.17, 15) is 13.9 Å². The van der Waals surface area contributed by atoms with Crippen LogP contribution in [0.1, 0.15) is 50.9 Å². The number of benzene rings is 1. The highest BCUT2D eigenvalue weighted by Gasteiger charge is 2.41. The van der Waals surface area contributed by atoms with Crippen molar-refractivity contribution in [3.63, 3.8) is 0 Å². The summed E-state index contributed by atoms with van der Waals surface area (Å²) in [4.78, 5) is 15.0. The van der Waals surface area contributed by atoms with Gasteiger partial charge in [-0.25, -0.2) is 28.1 Å². The van der Waals surface area contributed by atoms with Crippen LogP contribution in [0.3, 0.4) is 0 Å². The summed E-state index contributed by atoms with van der Waals surface area (Å²) in [5.74, 6) is 0.615. The van der Waals surface area contributed by atoms with Gasteiger partial charge in [0.25, 0.3) is 6.43 Å². The first-order valence-corrected chi connectivity index (χ1v) is 14.5. The van der Waals surface area contributed by atoms with Crippen molar-refractivity contribution in [1.82, 2.24) is 29.3 Å². The Bertz CT molecular complexity index is 1630. The van der Waals surface area contributed by atoms with Crippen molar-refractivity contribution < 1.29 is 27.8 Å². The molecule has 3 aliphatic heterocycles. The van der Waals surface area contributed by atoms with Crippen LogP contribution in [-0.2, 0) is 11.3 Å². The SMILES string of the molecule is CC(C)n1c(N2C[C@@H]3C[C@H]2CO3)nc2c(F)cc(-c3nc(N)ncc3Cl)cc21.OC1CCCn2nc(OCC(F)F)cc21. The smallest absolute Gasteiger partial charge is 0.272 e. The summed E-state index contributed by atoms with van der Waals surface area (Å²) >= 11 is 6.24. The van der Waals surface area contributed by atoms with E-state index in [1.807, 2.05) is 6.07 Å². The Morgan fingerprint density at radius 2 is 2.05 bits per heavy atom. The van der Waals surface area contributed by atoms with E-state index in [1.54, 1.807) is 4.68 Å². The van der Waals surface area contributed by atoms with Gasteiger partial charge in [-0.2, -0.15) is 0 Å². The molecule has 6 heterocycles. The number of hydrogen-bond acceptors (Lipinski definition) is 9. The Kier molecular flexibility index (Phi) is 8.09.